The fourth-order valence-corrected chi connectivity index (χ4v) is 7.51. The fraction of sp³-hybridized carbons (Fsp3) is 0.706. The number of methoxy groups -OCH3 is 1. The van der Waals surface area contributed by atoms with Crippen LogP contribution in [0, 0.1) is 11.8 Å². The number of hydrogen-bond acceptors (Lipinski definition) is 11. The van der Waals surface area contributed by atoms with E-state index in [4.69, 9.17) is 19.9 Å². The second kappa shape index (κ2) is 15.1. The number of amides is 1. The Balaban J connectivity index is 1.57. The van der Waals surface area contributed by atoms with E-state index in [1.807, 2.05) is 27.8 Å². The van der Waals surface area contributed by atoms with E-state index >= 15 is 4.39 Å². The molecular weight excluding hydrogens is 632 g/mol. The molecule has 0 bridgehead atoms. The van der Waals surface area contributed by atoms with Gasteiger partial charge in [-0.05, 0) is 83.8 Å². The van der Waals surface area contributed by atoms with Crippen LogP contribution in [-0.4, -0.2) is 106 Å². The molecule has 270 valence electrons. The van der Waals surface area contributed by atoms with Gasteiger partial charge in [0.05, 0.1) is 23.5 Å². The van der Waals surface area contributed by atoms with Gasteiger partial charge in [0.15, 0.2) is 11.4 Å². The van der Waals surface area contributed by atoms with Gasteiger partial charge in [0.2, 0.25) is 0 Å². The molecule has 4 rings (SSSR count). The fourth-order valence-electron chi connectivity index (χ4n) is 7.51. The minimum Gasteiger partial charge on any atom is -0.455 e. The van der Waals surface area contributed by atoms with Crippen LogP contribution < -0.4 is 11.1 Å². The van der Waals surface area contributed by atoms with E-state index in [0.29, 0.717) is 56.1 Å². The van der Waals surface area contributed by atoms with E-state index in [1.54, 1.807) is 55.8 Å². The quantitative estimate of drug-likeness (QED) is 0.181. The summed E-state index contributed by atoms with van der Waals surface area (Å²) in [5.74, 6) is -2.91. The Morgan fingerprint density at radius 1 is 1.12 bits per heavy atom. The molecule has 2 aromatic rings. The highest BCUT2D eigenvalue weighted by Gasteiger charge is 2.59. The number of Topliss-reactive ketones (excluding diaryl/α,β-unsaturated/α-hetero) is 1. The lowest BCUT2D eigenvalue weighted by Crippen LogP contribution is -2.61. The predicted molar refractivity (Wildman–Crippen MR) is 185 cm³/mol. The number of hydrogen-bond donors (Lipinski definition) is 2. The molecule has 0 aliphatic carbocycles. The highest BCUT2D eigenvalue weighted by molar-refractivity contribution is 6.17. The van der Waals surface area contributed by atoms with E-state index in [0.717, 1.165) is 6.92 Å². The number of nitrogen functional groups attached to an aromatic ring is 1. The maximum absolute atomic E-state index is 16.2. The largest absolute Gasteiger partial charge is 0.455 e. The average molecular weight is 686 g/mol. The Bertz CT molecular complexity index is 1490. The number of esters is 1. The highest BCUT2D eigenvalue weighted by atomic mass is 19.1. The number of ketones is 1. The molecule has 2 saturated heterocycles. The summed E-state index contributed by atoms with van der Waals surface area (Å²) in [6.45, 7) is 13.6. The van der Waals surface area contributed by atoms with Crippen molar-refractivity contribution in [2.24, 2.45) is 11.8 Å². The number of ether oxygens (including phenoxy) is 3. The Labute approximate surface area is 289 Å². The van der Waals surface area contributed by atoms with Crippen LogP contribution >= 0.6 is 0 Å². The molecule has 2 aliphatic rings. The number of nitrogens with one attached hydrogen (secondary N) is 1. The number of cyclic esters (lactones) is 1. The van der Waals surface area contributed by atoms with Crippen molar-refractivity contribution >= 4 is 31.5 Å². The zero-order chi connectivity index (χ0) is 36.3. The molecule has 0 saturated carbocycles. The van der Waals surface area contributed by atoms with E-state index in [-0.39, 0.29) is 18.4 Å². The minimum atomic E-state index is -2.91. The number of aromatic nitrogens is 4. The number of carbonyl (C=O) groups excluding carboxylic acids is 3. The topological polar surface area (TPSA) is 164 Å². The number of carbonyl (C=O) groups is 3. The molecule has 2 aromatic heterocycles. The monoisotopic (exact) mass is 685 g/mol. The Hall–Kier alpha value is -3.59. The molecule has 1 amide bonds. The van der Waals surface area contributed by atoms with Gasteiger partial charge in [-0.15, -0.1) is 5.10 Å². The van der Waals surface area contributed by atoms with Gasteiger partial charge >= 0.3 is 12.1 Å². The van der Waals surface area contributed by atoms with Crippen molar-refractivity contribution in [2.75, 3.05) is 25.9 Å². The van der Waals surface area contributed by atoms with Gasteiger partial charge in [0.1, 0.15) is 25.5 Å². The van der Waals surface area contributed by atoms with Gasteiger partial charge in [-0.1, -0.05) is 32.1 Å². The standard InChI is InChI=1S/C34H53BFN7O6/c1-9-25-34(7)28(43(31(46)49-34)16-11-10-15-42-19-24(40-41-42)23-13-12-14-26(37)39-23)22(4)38-18-20(2)17-32(5,47-8)27(35)21(3)29(44)33(6,36)30(45)48-25/h12-14,19-22,25,27-28,38H,9-11,15-18,35H2,1-8H3,(H2,37,39)/t20-,21+,22-,25-,27-,28-,32-,33+,34-/m1/s1. The molecule has 0 radical (unpaired) electrons. The van der Waals surface area contributed by atoms with E-state index in [2.05, 4.69) is 27.5 Å². The van der Waals surface area contributed by atoms with Gasteiger partial charge in [0.25, 0.3) is 5.67 Å². The zero-order valence-corrected chi connectivity index (χ0v) is 30.4. The van der Waals surface area contributed by atoms with Crippen molar-refractivity contribution < 1.29 is 33.0 Å². The third kappa shape index (κ3) is 7.92. The van der Waals surface area contributed by atoms with Crippen molar-refractivity contribution in [1.29, 1.82) is 0 Å². The number of nitrogens with zero attached hydrogens (tertiary/aromatic N) is 5. The first kappa shape index (κ1) is 38.2. The van der Waals surface area contributed by atoms with E-state index in [1.165, 1.54) is 0 Å². The molecule has 0 unspecified atom stereocenters. The third-order valence-corrected chi connectivity index (χ3v) is 10.8. The molecule has 49 heavy (non-hydrogen) atoms. The van der Waals surface area contributed by atoms with Gasteiger partial charge in [-0.2, -0.15) is 0 Å². The van der Waals surface area contributed by atoms with Crippen LogP contribution in [0.15, 0.2) is 24.4 Å². The zero-order valence-electron chi connectivity index (χ0n) is 30.4. The van der Waals surface area contributed by atoms with Crippen molar-refractivity contribution in [3.63, 3.8) is 0 Å². The van der Waals surface area contributed by atoms with Crippen LogP contribution in [-0.2, 0) is 30.3 Å². The molecule has 13 nitrogen and oxygen atoms in total. The molecule has 2 aliphatic heterocycles. The molecular formula is C34H53BFN7O6. The summed E-state index contributed by atoms with van der Waals surface area (Å²) >= 11 is 0. The number of anilines is 1. The molecule has 2 fully saturated rings. The lowest BCUT2D eigenvalue weighted by Gasteiger charge is -2.41. The highest BCUT2D eigenvalue weighted by Crippen LogP contribution is 2.41. The number of halogens is 1. The maximum Gasteiger partial charge on any atom is 0.410 e. The lowest BCUT2D eigenvalue weighted by molar-refractivity contribution is -0.179. The normalized spacial score (nSPS) is 34.9. The van der Waals surface area contributed by atoms with Crippen molar-refractivity contribution in [3.8, 4) is 11.4 Å². The molecule has 0 spiro atoms. The summed E-state index contributed by atoms with van der Waals surface area (Å²) in [5.41, 5.74) is 2.03. The van der Waals surface area contributed by atoms with Crippen molar-refractivity contribution in [2.45, 2.75) is 122 Å². The Morgan fingerprint density at radius 3 is 2.47 bits per heavy atom. The smallest absolute Gasteiger partial charge is 0.410 e. The van der Waals surface area contributed by atoms with Gasteiger partial charge in [-0.25, -0.2) is 19.0 Å². The predicted octanol–water partition coefficient (Wildman–Crippen LogP) is 3.38. The summed E-state index contributed by atoms with van der Waals surface area (Å²) in [7, 11) is 3.44. The number of alkyl halides is 1. The number of rotatable bonds is 8. The number of aryl methyl sites for hydroxylation is 1. The van der Waals surface area contributed by atoms with E-state index in [9.17, 15) is 14.4 Å². The number of nitrogens with two attached hydrogens (primary N) is 1. The second-order valence-electron chi connectivity index (χ2n) is 14.5. The lowest BCUT2D eigenvalue weighted by atomic mass is 9.62. The molecule has 4 heterocycles. The second-order valence-corrected chi connectivity index (χ2v) is 14.5. The van der Waals surface area contributed by atoms with E-state index < -0.39 is 58.6 Å². The average Bonchev–Trinajstić information content (AvgIpc) is 3.64. The van der Waals surface area contributed by atoms with Gasteiger partial charge < -0.3 is 25.3 Å². The van der Waals surface area contributed by atoms with Crippen molar-refractivity contribution in [1.82, 2.24) is 30.2 Å². The number of unbranched alkanes of at least 4 members (excludes halogenated alkanes) is 1. The third-order valence-electron chi connectivity index (χ3n) is 10.8. The van der Waals surface area contributed by atoms with Crippen LogP contribution in [0.1, 0.15) is 74.1 Å². The van der Waals surface area contributed by atoms with Crippen molar-refractivity contribution in [3.05, 3.63) is 24.4 Å². The molecule has 15 heteroatoms. The van der Waals surface area contributed by atoms with Crippen LogP contribution in [0.4, 0.5) is 15.0 Å². The molecule has 0 aromatic carbocycles. The molecule has 9 atom stereocenters. The summed E-state index contributed by atoms with van der Waals surface area (Å²) in [5, 5.41) is 12.0. The SMILES string of the molecule is B[C@@H]1[C@H](C)C(=O)[C@](C)(F)C(=O)O[C@H](CC)[C@@]2(C)OC(=O)N(CCCCn3cc(-c4cccc(N)n4)nn3)[C@@H]2[C@@H](C)NC[C@H](C)C[C@@]1(C)OC. The Kier molecular flexibility index (Phi) is 11.8. The summed E-state index contributed by atoms with van der Waals surface area (Å²) < 4.78 is 35.7. The van der Waals surface area contributed by atoms with Gasteiger partial charge in [-0.3, -0.25) is 14.4 Å². The summed E-state index contributed by atoms with van der Waals surface area (Å²) in [6, 6.07) is 4.45. The van der Waals surface area contributed by atoms with Crippen LogP contribution in [0.25, 0.3) is 11.4 Å². The van der Waals surface area contributed by atoms with Crippen LogP contribution in [0.5, 0.6) is 0 Å². The number of pyridine rings is 1. The van der Waals surface area contributed by atoms with Crippen LogP contribution in [0.2, 0.25) is 5.82 Å². The number of fused-ring (bicyclic) bond motifs is 1. The first-order chi connectivity index (χ1) is 23.0. The molecule has 3 N–H and O–H groups in total. The van der Waals surface area contributed by atoms with Gasteiger partial charge in [0, 0.05) is 32.2 Å². The Morgan fingerprint density at radius 2 is 1.82 bits per heavy atom. The minimum absolute atomic E-state index is 0.0896. The first-order valence-corrected chi connectivity index (χ1v) is 17.3. The summed E-state index contributed by atoms with van der Waals surface area (Å²) in [4.78, 5) is 46.6. The summed E-state index contributed by atoms with van der Waals surface area (Å²) in [6.07, 6.45) is 2.35. The maximum atomic E-state index is 16.2. The van der Waals surface area contributed by atoms with Crippen LogP contribution in [0.3, 0.4) is 0 Å². The first-order valence-electron chi connectivity index (χ1n) is 17.3.